The highest BCUT2D eigenvalue weighted by atomic mass is 16.5. The van der Waals surface area contributed by atoms with E-state index < -0.39 is 0 Å². The summed E-state index contributed by atoms with van der Waals surface area (Å²) in [6.45, 7) is 6.95. The highest BCUT2D eigenvalue weighted by Crippen LogP contribution is 2.20. The zero-order chi connectivity index (χ0) is 15.1. The second kappa shape index (κ2) is 7.94. The van der Waals surface area contributed by atoms with Crippen molar-refractivity contribution in [1.29, 1.82) is 0 Å². The van der Waals surface area contributed by atoms with Crippen molar-refractivity contribution in [2.45, 2.75) is 39.2 Å². The fourth-order valence-corrected chi connectivity index (χ4v) is 2.29. The molecule has 0 spiro atoms. The number of hydrazine groups is 1. The molecule has 1 aliphatic rings. The molecule has 1 aromatic heterocycles. The zero-order valence-electron chi connectivity index (χ0n) is 12.7. The van der Waals surface area contributed by atoms with Crippen molar-refractivity contribution >= 4 is 11.9 Å². The standard InChI is InChI=1S/C13H24N6O2/c1-3-8-21-10-6-5-7-19(9-10)12-15-11(18-14)16-13(17-12)20-4-2/h10H,3-9,14H2,1-2H3,(H,15,16,17,18). The van der Waals surface area contributed by atoms with Crippen LogP contribution in [0.25, 0.3) is 0 Å². The lowest BCUT2D eigenvalue weighted by molar-refractivity contribution is 0.0437. The highest BCUT2D eigenvalue weighted by Gasteiger charge is 2.23. The van der Waals surface area contributed by atoms with Crippen LogP contribution in [-0.4, -0.2) is 47.4 Å². The molecule has 8 heteroatoms. The minimum Gasteiger partial charge on any atom is -0.464 e. The first-order chi connectivity index (χ1) is 10.3. The maximum absolute atomic E-state index is 5.83. The fraction of sp³-hybridized carbons (Fsp3) is 0.769. The molecule has 21 heavy (non-hydrogen) atoms. The monoisotopic (exact) mass is 296 g/mol. The molecule has 1 unspecified atom stereocenters. The van der Waals surface area contributed by atoms with E-state index in [9.17, 15) is 0 Å². The number of nitrogens with one attached hydrogen (secondary N) is 1. The van der Waals surface area contributed by atoms with Crippen LogP contribution in [0.3, 0.4) is 0 Å². The van der Waals surface area contributed by atoms with Crippen molar-refractivity contribution in [3.63, 3.8) is 0 Å². The topological polar surface area (TPSA) is 98.4 Å². The number of hydrogen-bond acceptors (Lipinski definition) is 8. The van der Waals surface area contributed by atoms with Gasteiger partial charge in [0, 0.05) is 19.7 Å². The Kier molecular flexibility index (Phi) is 5.94. The van der Waals surface area contributed by atoms with Gasteiger partial charge in [-0.1, -0.05) is 6.92 Å². The van der Waals surface area contributed by atoms with Crippen molar-refractivity contribution in [2.24, 2.45) is 5.84 Å². The molecular weight excluding hydrogens is 272 g/mol. The van der Waals surface area contributed by atoms with E-state index >= 15 is 0 Å². The number of piperidine rings is 1. The van der Waals surface area contributed by atoms with Gasteiger partial charge in [0.25, 0.3) is 0 Å². The third-order valence-corrected chi connectivity index (χ3v) is 3.22. The predicted molar refractivity (Wildman–Crippen MR) is 80.3 cm³/mol. The van der Waals surface area contributed by atoms with Crippen LogP contribution in [0.5, 0.6) is 6.01 Å². The second-order valence-corrected chi connectivity index (χ2v) is 4.90. The van der Waals surface area contributed by atoms with Crippen molar-refractivity contribution in [1.82, 2.24) is 15.0 Å². The van der Waals surface area contributed by atoms with Crippen LogP contribution < -0.4 is 20.9 Å². The summed E-state index contributed by atoms with van der Waals surface area (Å²) < 4.78 is 11.2. The summed E-state index contributed by atoms with van der Waals surface area (Å²) in [5, 5.41) is 0. The van der Waals surface area contributed by atoms with E-state index in [1.165, 1.54) is 0 Å². The summed E-state index contributed by atoms with van der Waals surface area (Å²) in [6, 6.07) is 0.284. The lowest BCUT2D eigenvalue weighted by Gasteiger charge is -2.32. The van der Waals surface area contributed by atoms with Gasteiger partial charge < -0.3 is 14.4 Å². The lowest BCUT2D eigenvalue weighted by atomic mass is 10.1. The number of nitrogen functional groups attached to an aromatic ring is 1. The average Bonchev–Trinajstić information content (AvgIpc) is 2.53. The fourth-order valence-electron chi connectivity index (χ4n) is 2.29. The summed E-state index contributed by atoms with van der Waals surface area (Å²) in [6.07, 6.45) is 3.37. The molecular formula is C13H24N6O2. The van der Waals surface area contributed by atoms with Gasteiger partial charge in [0.1, 0.15) is 0 Å². The van der Waals surface area contributed by atoms with Crippen LogP contribution in [0.1, 0.15) is 33.1 Å². The molecule has 0 aliphatic carbocycles. The van der Waals surface area contributed by atoms with Gasteiger partial charge in [-0.2, -0.15) is 15.0 Å². The number of nitrogens with two attached hydrogens (primary N) is 1. The van der Waals surface area contributed by atoms with Crippen molar-refractivity contribution in [3.05, 3.63) is 0 Å². The van der Waals surface area contributed by atoms with Gasteiger partial charge in [0.05, 0.1) is 12.7 Å². The summed E-state index contributed by atoms with van der Waals surface area (Å²) in [5.74, 6) is 6.29. The van der Waals surface area contributed by atoms with Crippen molar-refractivity contribution in [2.75, 3.05) is 36.6 Å². The van der Waals surface area contributed by atoms with E-state index in [-0.39, 0.29) is 12.1 Å². The Morgan fingerprint density at radius 3 is 2.90 bits per heavy atom. The number of anilines is 2. The number of nitrogens with zero attached hydrogens (tertiary/aromatic N) is 4. The Morgan fingerprint density at radius 2 is 2.19 bits per heavy atom. The molecule has 8 nitrogen and oxygen atoms in total. The quantitative estimate of drug-likeness (QED) is 0.567. The molecule has 0 radical (unpaired) electrons. The van der Waals surface area contributed by atoms with Crippen LogP contribution in [0.15, 0.2) is 0 Å². The molecule has 1 fully saturated rings. The molecule has 0 amide bonds. The van der Waals surface area contributed by atoms with E-state index in [0.29, 0.717) is 18.5 Å². The molecule has 1 aromatic rings. The third-order valence-electron chi connectivity index (χ3n) is 3.22. The van der Waals surface area contributed by atoms with Crippen molar-refractivity contribution in [3.8, 4) is 6.01 Å². The van der Waals surface area contributed by atoms with Crippen LogP contribution in [-0.2, 0) is 4.74 Å². The molecule has 1 aliphatic heterocycles. The summed E-state index contributed by atoms with van der Waals surface area (Å²) >= 11 is 0. The Labute approximate surface area is 125 Å². The predicted octanol–water partition coefficient (Wildman–Crippen LogP) is 0.951. The van der Waals surface area contributed by atoms with E-state index in [1.54, 1.807) is 0 Å². The molecule has 1 saturated heterocycles. The Balaban J connectivity index is 2.10. The molecule has 0 aromatic carbocycles. The maximum Gasteiger partial charge on any atom is 0.323 e. The maximum atomic E-state index is 5.83. The third kappa shape index (κ3) is 4.40. The normalized spacial score (nSPS) is 18.6. The van der Waals surface area contributed by atoms with Gasteiger partial charge in [-0.3, -0.25) is 5.43 Å². The van der Waals surface area contributed by atoms with Crippen LogP contribution in [0.4, 0.5) is 11.9 Å². The molecule has 2 heterocycles. The summed E-state index contributed by atoms with van der Waals surface area (Å²) in [5.41, 5.74) is 2.45. The molecule has 0 bridgehead atoms. The molecule has 0 saturated carbocycles. The Morgan fingerprint density at radius 1 is 1.33 bits per heavy atom. The van der Waals surface area contributed by atoms with E-state index in [1.807, 2.05) is 6.92 Å². The lowest BCUT2D eigenvalue weighted by Crippen LogP contribution is -2.41. The highest BCUT2D eigenvalue weighted by molar-refractivity contribution is 5.38. The summed E-state index contributed by atoms with van der Waals surface area (Å²) in [7, 11) is 0. The zero-order valence-corrected chi connectivity index (χ0v) is 12.7. The molecule has 2 rings (SSSR count). The van der Waals surface area contributed by atoms with Gasteiger partial charge >= 0.3 is 6.01 Å². The number of rotatable bonds is 7. The van der Waals surface area contributed by atoms with Gasteiger partial charge in [-0.05, 0) is 26.2 Å². The smallest absolute Gasteiger partial charge is 0.323 e. The first-order valence-corrected chi connectivity index (χ1v) is 7.48. The second-order valence-electron chi connectivity index (χ2n) is 4.90. The van der Waals surface area contributed by atoms with Gasteiger partial charge in [-0.25, -0.2) is 5.84 Å². The Bertz CT molecular complexity index is 445. The first kappa shape index (κ1) is 15.7. The largest absolute Gasteiger partial charge is 0.464 e. The minimum atomic E-state index is 0.222. The van der Waals surface area contributed by atoms with Crippen LogP contribution in [0.2, 0.25) is 0 Å². The minimum absolute atomic E-state index is 0.222. The van der Waals surface area contributed by atoms with Crippen LogP contribution in [0, 0.1) is 0 Å². The van der Waals surface area contributed by atoms with Gasteiger partial charge in [-0.15, -0.1) is 0 Å². The number of ether oxygens (including phenoxy) is 2. The summed E-state index contributed by atoms with van der Waals surface area (Å²) in [4.78, 5) is 14.8. The number of aromatic nitrogens is 3. The molecule has 118 valence electrons. The SMILES string of the molecule is CCCOC1CCCN(c2nc(NN)nc(OCC)n2)C1. The van der Waals surface area contributed by atoms with E-state index in [2.05, 4.69) is 32.2 Å². The number of hydrogen-bond donors (Lipinski definition) is 2. The molecule has 3 N–H and O–H groups in total. The van der Waals surface area contributed by atoms with Crippen LogP contribution >= 0.6 is 0 Å². The van der Waals surface area contributed by atoms with Crippen molar-refractivity contribution < 1.29 is 9.47 Å². The first-order valence-electron chi connectivity index (χ1n) is 7.48. The van der Waals surface area contributed by atoms with Gasteiger partial charge in [0.2, 0.25) is 11.9 Å². The van der Waals surface area contributed by atoms with E-state index in [0.717, 1.165) is 39.0 Å². The molecule has 1 atom stereocenters. The Hall–Kier alpha value is -1.67. The van der Waals surface area contributed by atoms with Gasteiger partial charge in [0.15, 0.2) is 0 Å². The average molecular weight is 296 g/mol. The van der Waals surface area contributed by atoms with E-state index in [4.69, 9.17) is 15.3 Å².